The molecule has 0 spiro atoms. The molecule has 13 rings (SSSR count). The van der Waals surface area contributed by atoms with E-state index >= 15 is 0 Å². The molecule has 4 nitrogen and oxygen atoms in total. The summed E-state index contributed by atoms with van der Waals surface area (Å²) in [5.41, 5.74) is 12.1. The predicted octanol–water partition coefficient (Wildman–Crippen LogP) is 16.0. The van der Waals surface area contributed by atoms with Gasteiger partial charge in [0.2, 0.25) is 0 Å². The number of rotatable bonds is 8. The number of aromatic nitrogens is 1. The number of hydrogen-bond donors (Lipinski definition) is 2. The molecule has 2 N–H and O–H groups in total. The van der Waals surface area contributed by atoms with Crippen LogP contribution in [0.5, 0.6) is 17.2 Å². The van der Waals surface area contributed by atoms with Crippen molar-refractivity contribution in [2.75, 3.05) is 6.61 Å². The van der Waals surface area contributed by atoms with Crippen LogP contribution >= 0.6 is 0 Å². The Morgan fingerprint density at radius 2 is 0.818 bits per heavy atom. The van der Waals surface area contributed by atoms with E-state index in [0.717, 1.165) is 86.0 Å². The molecule has 8 bridgehead atoms. The first-order valence-corrected chi connectivity index (χ1v) is 24.7. The Balaban J connectivity index is 0.00000197. The summed E-state index contributed by atoms with van der Waals surface area (Å²) in [6.07, 6.45) is 15.4. The zero-order chi connectivity index (χ0) is 43.6. The minimum Gasteiger partial charge on any atom is -0.507 e. The molecule has 8 aliphatic carbocycles. The zero-order valence-electron chi connectivity index (χ0n) is 41.5. The summed E-state index contributed by atoms with van der Waals surface area (Å²) in [7, 11) is 0. The predicted molar refractivity (Wildman–Crippen MR) is 270 cm³/mol. The Kier molecular flexibility index (Phi) is 13.1. The summed E-state index contributed by atoms with van der Waals surface area (Å²) in [5.74, 6) is 6.31. The second kappa shape index (κ2) is 17.7. The van der Waals surface area contributed by atoms with Crippen molar-refractivity contribution in [2.24, 2.45) is 35.5 Å². The van der Waals surface area contributed by atoms with Crippen LogP contribution in [-0.2, 0) is 47.9 Å². The molecule has 66 heavy (non-hydrogen) atoms. The SMILES string of the molecule is CCOc1cc(-c2ccccc2-c2cc(C(C)(C)C)cc(C34CC5CC(CC(C5)C3)C4)c2O)nc(-c2ccccc2-c2cc(C(C)(C)C)cc(C34CC5CC(CC(C5)C3)C4)c2O)c1.[CH3-].[CH3-].[Zr]. The van der Waals surface area contributed by atoms with E-state index in [1.165, 1.54) is 99.3 Å². The van der Waals surface area contributed by atoms with Gasteiger partial charge in [0.15, 0.2) is 0 Å². The summed E-state index contributed by atoms with van der Waals surface area (Å²) >= 11 is 0. The second-order valence-electron chi connectivity index (χ2n) is 23.8. The van der Waals surface area contributed by atoms with Crippen LogP contribution in [0.25, 0.3) is 44.8 Å². The maximum atomic E-state index is 12.7. The van der Waals surface area contributed by atoms with Crippen molar-refractivity contribution >= 4 is 0 Å². The van der Waals surface area contributed by atoms with Crippen molar-refractivity contribution < 1.29 is 41.2 Å². The van der Waals surface area contributed by atoms with E-state index in [4.69, 9.17) is 9.72 Å². The fraction of sp³-hybridized carbons (Fsp3) is 0.492. The van der Waals surface area contributed by atoms with Gasteiger partial charge < -0.3 is 29.8 Å². The Hall–Kier alpha value is -3.69. The van der Waals surface area contributed by atoms with Crippen LogP contribution in [0.15, 0.2) is 84.9 Å². The first-order chi connectivity index (χ1) is 30.1. The van der Waals surface area contributed by atoms with E-state index in [-0.39, 0.29) is 62.7 Å². The summed E-state index contributed by atoms with van der Waals surface area (Å²) in [5, 5.41) is 25.4. The molecule has 0 saturated heterocycles. The minimum absolute atomic E-state index is 0. The van der Waals surface area contributed by atoms with Gasteiger partial charge in [0.25, 0.3) is 0 Å². The third kappa shape index (κ3) is 8.36. The van der Waals surface area contributed by atoms with Crippen molar-refractivity contribution in [1.29, 1.82) is 0 Å². The van der Waals surface area contributed by atoms with Crippen LogP contribution in [0, 0.1) is 50.4 Å². The van der Waals surface area contributed by atoms with Gasteiger partial charge >= 0.3 is 0 Å². The Labute approximate surface area is 416 Å². The van der Waals surface area contributed by atoms with Crippen LogP contribution in [0.1, 0.15) is 148 Å². The summed E-state index contributed by atoms with van der Waals surface area (Å²) in [6.45, 7) is 16.4. The van der Waals surface area contributed by atoms with Gasteiger partial charge in [0, 0.05) is 71.7 Å². The van der Waals surface area contributed by atoms with Gasteiger partial charge in [-0.15, -0.1) is 0 Å². The number of hydrogen-bond acceptors (Lipinski definition) is 4. The molecule has 0 unspecified atom stereocenters. The largest absolute Gasteiger partial charge is 0.507 e. The number of phenols is 2. The average molecular weight is 961 g/mol. The first kappa shape index (κ1) is 48.8. The normalized spacial score (nSPS) is 28.0. The average Bonchev–Trinajstić information content (AvgIpc) is 3.22. The summed E-state index contributed by atoms with van der Waals surface area (Å²) in [4.78, 5) is 5.54. The van der Waals surface area contributed by atoms with Gasteiger partial charge in [-0.05, 0) is 176 Å². The zero-order valence-corrected chi connectivity index (χ0v) is 43.9. The van der Waals surface area contributed by atoms with E-state index in [1.807, 2.05) is 6.92 Å². The quantitative estimate of drug-likeness (QED) is 0.152. The van der Waals surface area contributed by atoms with Crippen molar-refractivity contribution in [2.45, 2.75) is 147 Å². The molecule has 0 radical (unpaired) electrons. The Bertz CT molecular complexity index is 2360. The fourth-order valence-corrected chi connectivity index (χ4v) is 15.1. The van der Waals surface area contributed by atoms with E-state index in [0.29, 0.717) is 18.1 Å². The molecular formula is C61H75NO3Zr-2. The van der Waals surface area contributed by atoms with Crippen molar-refractivity contribution in [1.82, 2.24) is 4.98 Å². The van der Waals surface area contributed by atoms with Crippen LogP contribution < -0.4 is 4.74 Å². The molecule has 5 aromatic rings. The Morgan fingerprint density at radius 3 is 1.12 bits per heavy atom. The second-order valence-corrected chi connectivity index (χ2v) is 23.8. The minimum atomic E-state index is -0.0934. The number of benzene rings is 4. The van der Waals surface area contributed by atoms with Gasteiger partial charge in [-0.1, -0.05) is 102 Å². The van der Waals surface area contributed by atoms with Crippen molar-refractivity contribution in [3.8, 4) is 62.0 Å². The standard InChI is InChI=1S/C59H69NO3.2CH3.Zr/c1-8-63-43-27-52(46-15-11-9-13-44(46)48-23-41(56(2,3)4)25-50(54(48)61)58-29-35-17-36(30-58)19-37(18-35)31-58)60-53(28-43)47-16-12-10-14-45(47)49-24-42(57(5,6)7)26-51(55(49)62)59-32-38-20-39(33-59)22-40(21-38)34-59;;;/h9-16,23-28,35-40,61-62H,8,17-22,29-34H2,1-7H3;2*1H3;/q;2*-1;. The molecule has 0 amide bonds. The maximum Gasteiger partial charge on any atom is 0.127 e. The van der Waals surface area contributed by atoms with E-state index in [2.05, 4.69) is 126 Å². The summed E-state index contributed by atoms with van der Waals surface area (Å²) in [6, 6.07) is 30.5. The van der Waals surface area contributed by atoms with Crippen LogP contribution in [-0.4, -0.2) is 21.8 Å². The molecule has 5 heteroatoms. The van der Waals surface area contributed by atoms with E-state index in [9.17, 15) is 10.2 Å². The van der Waals surface area contributed by atoms with Gasteiger partial charge in [-0.2, -0.15) is 0 Å². The number of ether oxygens (including phenoxy) is 1. The Morgan fingerprint density at radius 1 is 0.500 bits per heavy atom. The molecule has 0 atom stereocenters. The molecule has 8 fully saturated rings. The van der Waals surface area contributed by atoms with Gasteiger partial charge in [0.05, 0.1) is 18.0 Å². The van der Waals surface area contributed by atoms with Gasteiger partial charge in [-0.3, -0.25) is 0 Å². The monoisotopic (exact) mass is 959 g/mol. The van der Waals surface area contributed by atoms with Gasteiger partial charge in [-0.25, -0.2) is 4.98 Å². The third-order valence-corrected chi connectivity index (χ3v) is 17.3. The molecular weight excluding hydrogens is 886 g/mol. The van der Waals surface area contributed by atoms with E-state index in [1.54, 1.807) is 0 Å². The molecule has 8 saturated carbocycles. The van der Waals surface area contributed by atoms with E-state index < -0.39 is 0 Å². The number of nitrogens with zero attached hydrogens (tertiary/aromatic N) is 1. The van der Waals surface area contributed by atoms with Crippen LogP contribution in [0.2, 0.25) is 0 Å². The molecule has 4 aromatic carbocycles. The van der Waals surface area contributed by atoms with Crippen LogP contribution in [0.4, 0.5) is 0 Å². The molecule has 8 aliphatic rings. The smallest absolute Gasteiger partial charge is 0.127 e. The molecule has 348 valence electrons. The summed E-state index contributed by atoms with van der Waals surface area (Å²) < 4.78 is 6.37. The number of phenolic OH excluding ortho intramolecular Hbond substituents is 2. The number of aromatic hydroxyl groups is 2. The first-order valence-electron chi connectivity index (χ1n) is 24.7. The number of pyridine rings is 1. The van der Waals surface area contributed by atoms with Crippen LogP contribution in [0.3, 0.4) is 0 Å². The topological polar surface area (TPSA) is 62.6 Å². The maximum absolute atomic E-state index is 12.7. The van der Waals surface area contributed by atoms with Crippen molar-refractivity contribution in [3.05, 3.63) is 122 Å². The third-order valence-electron chi connectivity index (χ3n) is 17.3. The fourth-order valence-electron chi connectivity index (χ4n) is 15.1. The van der Waals surface area contributed by atoms with Crippen molar-refractivity contribution in [3.63, 3.8) is 0 Å². The molecule has 0 aliphatic heterocycles. The molecule has 1 aromatic heterocycles. The molecule has 1 heterocycles. The van der Waals surface area contributed by atoms with Gasteiger partial charge in [0.1, 0.15) is 17.2 Å².